The van der Waals surface area contributed by atoms with E-state index in [-0.39, 0.29) is 7.34 Å². The molecule has 0 aliphatic carbocycles. The number of carbonyl (C=O) groups is 1. The fraction of sp³-hybridized carbons (Fsp3) is 0.588. The molecule has 1 aromatic carbocycles. The Morgan fingerprint density at radius 1 is 1.11 bits per heavy atom. The zero-order valence-corrected chi connectivity index (χ0v) is 12.7. The molecule has 1 rings (SSSR count). The van der Waals surface area contributed by atoms with E-state index in [1.807, 2.05) is 13.8 Å². The first-order chi connectivity index (χ1) is 9.00. The lowest BCUT2D eigenvalue weighted by molar-refractivity contribution is -0.122. The van der Waals surface area contributed by atoms with E-state index < -0.39 is 0 Å². The van der Waals surface area contributed by atoms with Crippen LogP contribution in [0.1, 0.15) is 59.9 Å². The van der Waals surface area contributed by atoms with Gasteiger partial charge in [0, 0.05) is 26.0 Å². The number of Topliss-reactive ketones (excluding diaryl/α,β-unsaturated/α-hetero) is 1. The molecule has 2 nitrogen and oxygen atoms in total. The number of rotatable bonds is 8. The van der Waals surface area contributed by atoms with Crippen LogP contribution < -0.4 is 5.32 Å². The van der Waals surface area contributed by atoms with E-state index in [4.69, 9.17) is 0 Å². The van der Waals surface area contributed by atoms with Gasteiger partial charge in [-0.15, -0.1) is 0 Å². The van der Waals surface area contributed by atoms with Crippen LogP contribution in [0.15, 0.2) is 24.3 Å². The maximum atomic E-state index is 11.5. The average Bonchev–Trinajstić information content (AvgIpc) is 2.38. The van der Waals surface area contributed by atoms with Gasteiger partial charge in [-0.25, -0.2) is 0 Å². The fourth-order valence-corrected chi connectivity index (χ4v) is 1.93. The van der Waals surface area contributed by atoms with E-state index in [1.54, 1.807) is 0 Å². The van der Waals surface area contributed by atoms with Crippen molar-refractivity contribution in [3.05, 3.63) is 29.8 Å². The lowest BCUT2D eigenvalue weighted by atomic mass is 10.0. The number of hydrogen-bond donors (Lipinski definition) is 1. The molecular weight excluding hydrogens is 234 g/mol. The van der Waals surface area contributed by atoms with Crippen molar-refractivity contribution in [2.24, 2.45) is 5.92 Å². The molecule has 0 amide bonds. The maximum Gasteiger partial charge on any atom is 0.135 e. The highest BCUT2D eigenvalue weighted by Crippen LogP contribution is 2.17. The van der Waals surface area contributed by atoms with Crippen molar-refractivity contribution in [2.75, 3.05) is 11.9 Å². The lowest BCUT2D eigenvalue weighted by Crippen LogP contribution is -2.08. The third-order valence-electron chi connectivity index (χ3n) is 3.40. The molecule has 0 saturated heterocycles. The van der Waals surface area contributed by atoms with E-state index in [1.165, 1.54) is 11.3 Å². The molecule has 0 unspecified atom stereocenters. The predicted molar refractivity (Wildman–Crippen MR) is 84.8 cm³/mol. The molecule has 0 fully saturated rings. The van der Waals surface area contributed by atoms with Crippen LogP contribution in [0.5, 0.6) is 0 Å². The minimum Gasteiger partial charge on any atom is -0.385 e. The van der Waals surface area contributed by atoms with Crippen LogP contribution in [0.2, 0.25) is 0 Å². The number of carbonyl (C=O) groups excluding carboxylic acids is 1. The third kappa shape index (κ3) is 5.91. The van der Waals surface area contributed by atoms with Gasteiger partial charge in [0.15, 0.2) is 0 Å². The van der Waals surface area contributed by atoms with Gasteiger partial charge < -0.3 is 5.32 Å². The van der Waals surface area contributed by atoms with E-state index in [9.17, 15) is 4.79 Å². The average molecular weight is 263 g/mol. The van der Waals surface area contributed by atoms with Crippen molar-refractivity contribution in [3.8, 4) is 0 Å². The molecule has 1 N–H and O–H groups in total. The van der Waals surface area contributed by atoms with E-state index in [0.717, 1.165) is 19.4 Å². The second kappa shape index (κ2) is 7.98. The first kappa shape index (κ1) is 15.7. The number of hydrogen-bond acceptors (Lipinski definition) is 2. The summed E-state index contributed by atoms with van der Waals surface area (Å²) in [5, 5.41) is 3.40. The van der Waals surface area contributed by atoms with Crippen LogP contribution in [-0.2, 0) is 4.79 Å². The molecule has 0 aromatic heterocycles. The highest BCUT2D eigenvalue weighted by molar-refractivity contribution is 5.80. The zero-order valence-electron chi connectivity index (χ0n) is 12.7. The molecular formula is C17H29NO. The van der Waals surface area contributed by atoms with Crippen molar-refractivity contribution in [1.82, 2.24) is 0 Å². The van der Waals surface area contributed by atoms with Gasteiger partial charge in [0.25, 0.3) is 0 Å². The minimum absolute atomic E-state index is 0. The Balaban J connectivity index is 0.00000361. The summed E-state index contributed by atoms with van der Waals surface area (Å²) in [7, 11) is 0. The Morgan fingerprint density at radius 3 is 2.26 bits per heavy atom. The summed E-state index contributed by atoms with van der Waals surface area (Å²) in [6, 6.07) is 8.62. The van der Waals surface area contributed by atoms with Crippen LogP contribution in [0.3, 0.4) is 0 Å². The van der Waals surface area contributed by atoms with Gasteiger partial charge in [-0.2, -0.15) is 0 Å². The van der Waals surface area contributed by atoms with Crippen LogP contribution in [-0.4, -0.2) is 12.3 Å². The van der Waals surface area contributed by atoms with Crippen molar-refractivity contribution < 1.29 is 6.22 Å². The standard InChI is InChI=1S/C17H27NO.H2/c1-13(2)15-8-10-16(11-9-15)18-12-6-5-7-17(19)14(3)4;/h8-11,13-14,18H,5-7,12H2,1-4H3;1H. The van der Waals surface area contributed by atoms with Gasteiger partial charge in [0.05, 0.1) is 0 Å². The van der Waals surface area contributed by atoms with Gasteiger partial charge in [-0.05, 0) is 36.5 Å². The maximum absolute atomic E-state index is 11.5. The molecule has 0 atom stereocenters. The topological polar surface area (TPSA) is 29.1 Å². The number of anilines is 1. The summed E-state index contributed by atoms with van der Waals surface area (Å²) < 4.78 is 0. The van der Waals surface area contributed by atoms with Crippen LogP contribution >= 0.6 is 0 Å². The Kier molecular flexibility index (Phi) is 6.61. The number of nitrogens with one attached hydrogen (secondary N) is 1. The first-order valence-corrected chi connectivity index (χ1v) is 7.37. The van der Waals surface area contributed by atoms with Crippen LogP contribution in [0.25, 0.3) is 0 Å². The Morgan fingerprint density at radius 2 is 1.74 bits per heavy atom. The van der Waals surface area contributed by atoms with Crippen molar-refractivity contribution >= 4 is 11.5 Å². The largest absolute Gasteiger partial charge is 0.385 e. The summed E-state index contributed by atoms with van der Waals surface area (Å²) in [5.41, 5.74) is 2.53. The van der Waals surface area contributed by atoms with Gasteiger partial charge in [-0.1, -0.05) is 39.8 Å². The van der Waals surface area contributed by atoms with E-state index in [0.29, 0.717) is 18.1 Å². The van der Waals surface area contributed by atoms with Gasteiger partial charge in [-0.3, -0.25) is 4.79 Å². The Bertz CT molecular complexity index is 384. The first-order valence-electron chi connectivity index (χ1n) is 7.37. The molecule has 0 saturated carbocycles. The monoisotopic (exact) mass is 263 g/mol. The number of ketones is 1. The van der Waals surface area contributed by atoms with Crippen molar-refractivity contribution in [2.45, 2.75) is 52.9 Å². The highest BCUT2D eigenvalue weighted by Gasteiger charge is 2.05. The molecule has 0 bridgehead atoms. The molecule has 0 aliphatic heterocycles. The van der Waals surface area contributed by atoms with Gasteiger partial charge >= 0.3 is 0 Å². The second-order valence-electron chi connectivity index (χ2n) is 5.78. The Hall–Kier alpha value is -1.31. The second-order valence-corrected chi connectivity index (χ2v) is 5.78. The third-order valence-corrected chi connectivity index (χ3v) is 3.40. The van der Waals surface area contributed by atoms with Crippen LogP contribution in [0, 0.1) is 5.92 Å². The summed E-state index contributed by atoms with van der Waals surface area (Å²) >= 11 is 0. The fourth-order valence-electron chi connectivity index (χ4n) is 1.93. The van der Waals surface area contributed by atoms with E-state index >= 15 is 0 Å². The molecule has 108 valence electrons. The van der Waals surface area contributed by atoms with Crippen molar-refractivity contribution in [3.63, 3.8) is 0 Å². The molecule has 0 spiro atoms. The lowest BCUT2D eigenvalue weighted by Gasteiger charge is -2.09. The normalized spacial score (nSPS) is 11.1. The van der Waals surface area contributed by atoms with E-state index in [2.05, 4.69) is 43.4 Å². The highest BCUT2D eigenvalue weighted by atomic mass is 16.1. The molecule has 0 aliphatic rings. The SMILES string of the molecule is CC(C)C(=O)CCCCNc1ccc(C(C)C)cc1.[HH]. The summed E-state index contributed by atoms with van der Waals surface area (Å²) in [6.07, 6.45) is 2.74. The number of benzene rings is 1. The molecule has 0 radical (unpaired) electrons. The quantitative estimate of drug-likeness (QED) is 0.678. The summed E-state index contributed by atoms with van der Waals surface area (Å²) in [6.45, 7) is 9.28. The molecule has 0 heterocycles. The predicted octanol–water partition coefficient (Wildman–Crippen LogP) is 4.86. The summed E-state index contributed by atoms with van der Waals surface area (Å²) in [5.74, 6) is 1.13. The minimum atomic E-state index is 0. The Labute approximate surface area is 119 Å². The van der Waals surface area contributed by atoms with Gasteiger partial charge in [0.2, 0.25) is 0 Å². The molecule has 1 aromatic rings. The number of unbranched alkanes of at least 4 members (excludes halogenated alkanes) is 1. The smallest absolute Gasteiger partial charge is 0.135 e. The summed E-state index contributed by atoms with van der Waals surface area (Å²) in [4.78, 5) is 11.5. The van der Waals surface area contributed by atoms with Gasteiger partial charge in [0.1, 0.15) is 5.78 Å². The van der Waals surface area contributed by atoms with Crippen molar-refractivity contribution in [1.29, 1.82) is 0 Å². The molecule has 19 heavy (non-hydrogen) atoms. The van der Waals surface area contributed by atoms with Crippen LogP contribution in [0.4, 0.5) is 5.69 Å². The zero-order chi connectivity index (χ0) is 14.3. The molecule has 2 heteroatoms.